The molecule has 0 spiro atoms. The minimum atomic E-state index is -4.09. The number of hydrogen-bond donors (Lipinski definition) is 0. The number of fused-ring (bicyclic) bond motifs is 2. The average Bonchev–Trinajstić information content (AvgIpc) is 2.46. The molecule has 2 aromatic heterocycles. The summed E-state index contributed by atoms with van der Waals surface area (Å²) in [6.07, 6.45) is 1.03. The molecule has 0 aliphatic carbocycles. The van der Waals surface area contributed by atoms with Crippen molar-refractivity contribution in [2.75, 3.05) is 7.11 Å². The average molecular weight is 339 g/mol. The molecule has 3 aromatic rings. The Labute approximate surface area is 130 Å². The number of aryl methyl sites for hydroxylation is 1. The van der Waals surface area contributed by atoms with E-state index in [1.54, 1.807) is 12.1 Å². The van der Waals surface area contributed by atoms with E-state index in [1.165, 1.54) is 7.11 Å². The van der Waals surface area contributed by atoms with E-state index in [-0.39, 0.29) is 15.8 Å². The predicted molar refractivity (Wildman–Crippen MR) is 83.8 cm³/mol. The van der Waals surface area contributed by atoms with Gasteiger partial charge in [-0.2, -0.15) is 4.73 Å². The van der Waals surface area contributed by atoms with E-state index in [0.29, 0.717) is 5.52 Å². The molecular weight excluding hydrogens is 328 g/mol. The van der Waals surface area contributed by atoms with Gasteiger partial charge in [0, 0.05) is 16.1 Å². The molecular formula is C14H11ClN2O4S. The highest BCUT2D eigenvalue weighted by atomic mass is 35.7. The smallest absolute Gasteiger partial charge is 0.292 e. The third kappa shape index (κ3) is 2.22. The summed E-state index contributed by atoms with van der Waals surface area (Å²) in [7, 11) is 2.64. The third-order valence-corrected chi connectivity index (χ3v) is 4.73. The van der Waals surface area contributed by atoms with Gasteiger partial charge in [-0.15, -0.1) is 0 Å². The lowest BCUT2D eigenvalue weighted by molar-refractivity contribution is 0.156. The van der Waals surface area contributed by atoms with Gasteiger partial charge in [0.25, 0.3) is 14.6 Å². The standard InChI is InChI=1S/C14H11ClN2O4S/c1-8-4-3-5-9-6-10-13(16-12(8)9)11(22(15,19)20)7-17(21-2)14(10)18/h3-7H,1-2H3. The normalized spacial score (nSPS) is 12.0. The quantitative estimate of drug-likeness (QED) is 0.526. The highest BCUT2D eigenvalue weighted by Crippen LogP contribution is 2.26. The van der Waals surface area contributed by atoms with Crippen LogP contribution in [0.2, 0.25) is 0 Å². The Morgan fingerprint density at radius 2 is 2.00 bits per heavy atom. The molecule has 0 bridgehead atoms. The molecule has 6 nitrogen and oxygen atoms in total. The van der Waals surface area contributed by atoms with Crippen LogP contribution < -0.4 is 10.4 Å². The third-order valence-electron chi connectivity index (χ3n) is 3.41. The van der Waals surface area contributed by atoms with Crippen LogP contribution in [0.25, 0.3) is 21.8 Å². The minimum Gasteiger partial charge on any atom is -0.414 e. The maximum absolute atomic E-state index is 12.3. The van der Waals surface area contributed by atoms with E-state index in [2.05, 4.69) is 4.98 Å². The Kier molecular flexibility index (Phi) is 3.34. The van der Waals surface area contributed by atoms with E-state index in [4.69, 9.17) is 15.5 Å². The number of hydrogen-bond acceptors (Lipinski definition) is 5. The van der Waals surface area contributed by atoms with Gasteiger partial charge in [0.05, 0.1) is 22.6 Å². The second-order valence-electron chi connectivity index (χ2n) is 4.78. The van der Waals surface area contributed by atoms with Gasteiger partial charge in [-0.25, -0.2) is 13.4 Å². The summed E-state index contributed by atoms with van der Waals surface area (Å²) in [4.78, 5) is 21.3. The summed E-state index contributed by atoms with van der Waals surface area (Å²) in [6, 6.07) is 7.08. The fourth-order valence-electron chi connectivity index (χ4n) is 2.36. The highest BCUT2D eigenvalue weighted by Gasteiger charge is 2.21. The molecule has 0 saturated carbocycles. The van der Waals surface area contributed by atoms with Gasteiger partial charge in [-0.1, -0.05) is 18.2 Å². The first-order valence-electron chi connectivity index (χ1n) is 6.28. The molecule has 3 rings (SSSR count). The van der Waals surface area contributed by atoms with Gasteiger partial charge < -0.3 is 4.84 Å². The Hall–Kier alpha value is -2.12. The molecule has 0 amide bonds. The fraction of sp³-hybridized carbons (Fsp3) is 0.143. The first-order valence-corrected chi connectivity index (χ1v) is 8.59. The minimum absolute atomic E-state index is 0.0371. The maximum atomic E-state index is 12.3. The molecule has 0 atom stereocenters. The summed E-state index contributed by atoms with van der Waals surface area (Å²) >= 11 is 0. The molecule has 8 heteroatoms. The van der Waals surface area contributed by atoms with Crippen LogP contribution in [-0.2, 0) is 9.05 Å². The zero-order valence-corrected chi connectivity index (χ0v) is 13.3. The Morgan fingerprint density at radius 1 is 1.27 bits per heavy atom. The lowest BCUT2D eigenvalue weighted by Crippen LogP contribution is -2.25. The second-order valence-corrected chi connectivity index (χ2v) is 7.31. The van der Waals surface area contributed by atoms with Gasteiger partial charge in [-0.3, -0.25) is 4.79 Å². The van der Waals surface area contributed by atoms with Gasteiger partial charge in [0.15, 0.2) is 0 Å². The highest BCUT2D eigenvalue weighted by molar-refractivity contribution is 8.13. The van der Waals surface area contributed by atoms with Crippen molar-refractivity contribution in [1.29, 1.82) is 0 Å². The van der Waals surface area contributed by atoms with Gasteiger partial charge >= 0.3 is 0 Å². The van der Waals surface area contributed by atoms with Crippen molar-refractivity contribution in [3.8, 4) is 0 Å². The number of para-hydroxylation sites is 1. The molecule has 0 N–H and O–H groups in total. The van der Waals surface area contributed by atoms with Gasteiger partial charge in [-0.05, 0) is 18.6 Å². The van der Waals surface area contributed by atoms with Crippen molar-refractivity contribution < 1.29 is 13.3 Å². The van der Waals surface area contributed by atoms with Crippen LogP contribution in [0.15, 0.2) is 40.2 Å². The van der Waals surface area contributed by atoms with Gasteiger partial charge in [0.1, 0.15) is 12.0 Å². The zero-order chi connectivity index (χ0) is 16.1. The van der Waals surface area contributed by atoms with Crippen molar-refractivity contribution in [1.82, 2.24) is 9.71 Å². The molecule has 22 heavy (non-hydrogen) atoms. The summed E-state index contributed by atoms with van der Waals surface area (Å²) in [6.45, 7) is 1.85. The van der Waals surface area contributed by atoms with Crippen LogP contribution in [0.1, 0.15) is 5.56 Å². The Morgan fingerprint density at radius 3 is 2.64 bits per heavy atom. The van der Waals surface area contributed by atoms with E-state index < -0.39 is 14.6 Å². The summed E-state index contributed by atoms with van der Waals surface area (Å²) < 4.78 is 24.4. The van der Waals surface area contributed by atoms with E-state index in [1.807, 2.05) is 19.1 Å². The molecule has 0 aliphatic rings. The van der Waals surface area contributed by atoms with E-state index >= 15 is 0 Å². The Bertz CT molecular complexity index is 1070. The summed E-state index contributed by atoms with van der Waals surface area (Å²) in [5, 5.41) is 0.859. The van der Waals surface area contributed by atoms with Crippen LogP contribution in [0.3, 0.4) is 0 Å². The molecule has 0 aliphatic heterocycles. The van der Waals surface area contributed by atoms with Crippen LogP contribution in [0.5, 0.6) is 0 Å². The number of pyridine rings is 2. The number of nitrogens with zero attached hydrogens (tertiary/aromatic N) is 2. The number of aromatic nitrogens is 2. The largest absolute Gasteiger partial charge is 0.414 e. The SMILES string of the molecule is COn1cc(S(=O)(=O)Cl)c2nc3c(C)cccc3cc2c1=O. The molecule has 0 unspecified atom stereocenters. The van der Waals surface area contributed by atoms with Crippen molar-refractivity contribution in [2.45, 2.75) is 11.8 Å². The number of rotatable bonds is 2. The molecule has 0 saturated heterocycles. The van der Waals surface area contributed by atoms with Crippen molar-refractivity contribution >= 4 is 41.5 Å². The first kappa shape index (κ1) is 14.8. The first-order chi connectivity index (χ1) is 10.3. The van der Waals surface area contributed by atoms with Gasteiger partial charge in [0.2, 0.25) is 0 Å². The van der Waals surface area contributed by atoms with Crippen molar-refractivity contribution in [2.24, 2.45) is 0 Å². The van der Waals surface area contributed by atoms with Crippen LogP contribution in [-0.4, -0.2) is 25.2 Å². The topological polar surface area (TPSA) is 78.3 Å². The summed E-state index contributed by atoms with van der Waals surface area (Å²) in [5.74, 6) is 0. The Balaban J connectivity index is 2.62. The van der Waals surface area contributed by atoms with E-state index in [0.717, 1.165) is 21.9 Å². The molecule has 114 valence electrons. The van der Waals surface area contributed by atoms with Crippen molar-refractivity contribution in [3.05, 3.63) is 46.4 Å². The molecule has 1 aromatic carbocycles. The zero-order valence-electron chi connectivity index (χ0n) is 11.7. The van der Waals surface area contributed by atoms with Crippen LogP contribution >= 0.6 is 10.7 Å². The van der Waals surface area contributed by atoms with E-state index in [9.17, 15) is 13.2 Å². The molecule has 2 heterocycles. The monoisotopic (exact) mass is 338 g/mol. The molecule has 0 fully saturated rings. The predicted octanol–water partition coefficient (Wildman–Crippen LogP) is 1.84. The van der Waals surface area contributed by atoms with Crippen molar-refractivity contribution in [3.63, 3.8) is 0 Å². The lowest BCUT2D eigenvalue weighted by atomic mass is 10.1. The van der Waals surface area contributed by atoms with Crippen LogP contribution in [0, 0.1) is 6.92 Å². The second kappa shape index (κ2) is 4.96. The number of benzene rings is 1. The molecule has 0 radical (unpaired) electrons. The number of halogens is 1. The summed E-state index contributed by atoms with van der Waals surface area (Å²) in [5.41, 5.74) is 1.02. The fourth-order valence-corrected chi connectivity index (χ4v) is 3.30. The van der Waals surface area contributed by atoms with Crippen LogP contribution in [0.4, 0.5) is 0 Å². The lowest BCUT2D eigenvalue weighted by Gasteiger charge is -2.10. The maximum Gasteiger partial charge on any atom is 0.292 e.